The average Bonchev–Trinajstić information content (AvgIpc) is 2.50. The first-order chi connectivity index (χ1) is 10.6. The third-order valence-corrected chi connectivity index (χ3v) is 5.08. The molecule has 2 fully saturated rings. The second kappa shape index (κ2) is 8.85. The van der Waals surface area contributed by atoms with E-state index in [0.717, 1.165) is 26.0 Å². The van der Waals surface area contributed by atoms with Crippen molar-refractivity contribution in [2.24, 2.45) is 0 Å². The van der Waals surface area contributed by atoms with Gasteiger partial charge < -0.3 is 14.5 Å². The Balaban J connectivity index is 1.52. The first-order valence-electron chi connectivity index (χ1n) is 8.96. The summed E-state index contributed by atoms with van der Waals surface area (Å²) in [5.74, 6) is 0.244. The zero-order valence-electron chi connectivity index (χ0n) is 14.6. The van der Waals surface area contributed by atoms with Crippen molar-refractivity contribution in [3.8, 4) is 0 Å². The van der Waals surface area contributed by atoms with E-state index in [1.807, 2.05) is 18.9 Å². The lowest BCUT2D eigenvalue weighted by Gasteiger charge is -2.41. The Hall–Kier alpha value is -0.650. The van der Waals surface area contributed by atoms with Crippen LogP contribution in [0.4, 0.5) is 0 Å². The summed E-state index contributed by atoms with van der Waals surface area (Å²) in [7, 11) is 1.92. The molecule has 128 valence electrons. The lowest BCUT2D eigenvalue weighted by molar-refractivity contribution is -0.137. The fourth-order valence-electron chi connectivity index (χ4n) is 3.34. The summed E-state index contributed by atoms with van der Waals surface area (Å²) in [6.45, 7) is 12.0. The molecule has 2 rings (SSSR count). The van der Waals surface area contributed by atoms with Crippen LogP contribution < -0.4 is 0 Å². The van der Waals surface area contributed by atoms with Crippen LogP contribution in [-0.2, 0) is 9.53 Å². The van der Waals surface area contributed by atoms with Crippen LogP contribution in [0.5, 0.6) is 0 Å². The number of carbonyl (C=O) groups excluding carboxylic acids is 1. The van der Waals surface area contributed by atoms with Crippen LogP contribution >= 0.6 is 0 Å². The highest BCUT2D eigenvalue weighted by atomic mass is 16.5. The molecule has 0 unspecified atom stereocenters. The molecule has 5 nitrogen and oxygen atoms in total. The number of ether oxygens (including phenoxy) is 1. The van der Waals surface area contributed by atoms with Gasteiger partial charge in [0, 0.05) is 52.2 Å². The molecule has 0 bridgehead atoms. The largest absolute Gasteiger partial charge is 0.377 e. The fourth-order valence-corrected chi connectivity index (χ4v) is 3.34. The van der Waals surface area contributed by atoms with Gasteiger partial charge in [-0.15, -0.1) is 0 Å². The van der Waals surface area contributed by atoms with Crippen molar-refractivity contribution in [3.05, 3.63) is 0 Å². The van der Waals surface area contributed by atoms with E-state index in [1.165, 1.54) is 39.1 Å². The van der Waals surface area contributed by atoms with Crippen molar-refractivity contribution < 1.29 is 9.53 Å². The molecule has 0 N–H and O–H groups in total. The van der Waals surface area contributed by atoms with Crippen molar-refractivity contribution >= 4 is 5.91 Å². The third kappa shape index (κ3) is 4.93. The number of piperazine rings is 1. The molecule has 0 aromatic rings. The molecule has 1 aliphatic heterocycles. The lowest BCUT2D eigenvalue weighted by atomic mass is 9.88. The summed E-state index contributed by atoms with van der Waals surface area (Å²) >= 11 is 0. The minimum absolute atomic E-state index is 0.244. The van der Waals surface area contributed by atoms with E-state index in [-0.39, 0.29) is 5.91 Å². The topological polar surface area (TPSA) is 36.0 Å². The van der Waals surface area contributed by atoms with E-state index in [2.05, 4.69) is 16.7 Å². The molecule has 1 saturated carbocycles. The van der Waals surface area contributed by atoms with Crippen molar-refractivity contribution in [3.63, 3.8) is 0 Å². The highest BCUT2D eigenvalue weighted by Crippen LogP contribution is 2.27. The zero-order valence-corrected chi connectivity index (χ0v) is 14.6. The molecule has 2 aliphatic rings. The summed E-state index contributed by atoms with van der Waals surface area (Å²) in [4.78, 5) is 18.6. The van der Waals surface area contributed by atoms with Crippen LogP contribution in [0.25, 0.3) is 0 Å². The van der Waals surface area contributed by atoms with Crippen molar-refractivity contribution in [1.29, 1.82) is 0 Å². The van der Waals surface area contributed by atoms with E-state index in [4.69, 9.17) is 4.74 Å². The van der Waals surface area contributed by atoms with E-state index in [1.54, 1.807) is 0 Å². The molecule has 0 atom stereocenters. The molecule has 1 heterocycles. The zero-order chi connectivity index (χ0) is 15.9. The summed E-state index contributed by atoms with van der Waals surface area (Å²) < 4.78 is 5.96. The van der Waals surface area contributed by atoms with Gasteiger partial charge in [0.1, 0.15) is 0 Å². The molecular formula is C17H33N3O2. The van der Waals surface area contributed by atoms with Gasteiger partial charge in [0.15, 0.2) is 0 Å². The third-order valence-electron chi connectivity index (χ3n) is 5.08. The van der Waals surface area contributed by atoms with E-state index in [0.29, 0.717) is 18.6 Å². The van der Waals surface area contributed by atoms with Gasteiger partial charge in [0.05, 0.1) is 12.7 Å². The van der Waals surface area contributed by atoms with E-state index in [9.17, 15) is 4.79 Å². The molecule has 0 aromatic heterocycles. The van der Waals surface area contributed by atoms with Crippen LogP contribution in [-0.4, -0.2) is 85.7 Å². The summed E-state index contributed by atoms with van der Waals surface area (Å²) in [5.41, 5.74) is 0. The summed E-state index contributed by atoms with van der Waals surface area (Å²) in [6.07, 6.45) is 4.22. The molecule has 1 saturated heterocycles. The molecule has 0 aromatic carbocycles. The normalized spacial score (nSPS) is 26.7. The van der Waals surface area contributed by atoms with Gasteiger partial charge in [-0.25, -0.2) is 0 Å². The Morgan fingerprint density at radius 1 is 1.09 bits per heavy atom. The van der Waals surface area contributed by atoms with Crippen molar-refractivity contribution in [1.82, 2.24) is 14.7 Å². The number of hydrogen-bond donors (Lipinski definition) is 0. The van der Waals surface area contributed by atoms with Gasteiger partial charge in [-0.1, -0.05) is 13.8 Å². The monoisotopic (exact) mass is 311 g/mol. The Morgan fingerprint density at radius 2 is 1.68 bits per heavy atom. The Labute approximate surface area is 135 Å². The Kier molecular flexibility index (Phi) is 7.12. The number of amides is 1. The van der Waals surface area contributed by atoms with Crippen molar-refractivity contribution in [2.75, 3.05) is 52.9 Å². The number of rotatable bonds is 8. The summed E-state index contributed by atoms with van der Waals surface area (Å²) in [5, 5.41) is 0. The molecule has 1 aliphatic carbocycles. The second-order valence-electron chi connectivity index (χ2n) is 6.66. The quantitative estimate of drug-likeness (QED) is 0.679. The maximum Gasteiger partial charge on any atom is 0.222 e. The lowest BCUT2D eigenvalue weighted by Crippen LogP contribution is -2.50. The van der Waals surface area contributed by atoms with Crippen LogP contribution in [0.15, 0.2) is 0 Å². The van der Waals surface area contributed by atoms with Gasteiger partial charge >= 0.3 is 0 Å². The summed E-state index contributed by atoms with van der Waals surface area (Å²) in [6, 6.07) is 0.398. The predicted molar refractivity (Wildman–Crippen MR) is 89.0 cm³/mol. The second-order valence-corrected chi connectivity index (χ2v) is 6.66. The van der Waals surface area contributed by atoms with E-state index < -0.39 is 0 Å². The van der Waals surface area contributed by atoms with Crippen LogP contribution in [0.2, 0.25) is 0 Å². The van der Waals surface area contributed by atoms with Gasteiger partial charge in [-0.05, 0) is 25.8 Å². The Bertz CT molecular complexity index is 337. The molecule has 5 heteroatoms. The molecular weight excluding hydrogens is 278 g/mol. The first-order valence-corrected chi connectivity index (χ1v) is 8.96. The molecule has 0 radical (unpaired) electrons. The van der Waals surface area contributed by atoms with Crippen LogP contribution in [0.3, 0.4) is 0 Å². The fraction of sp³-hybridized carbons (Fsp3) is 0.941. The van der Waals surface area contributed by atoms with Crippen LogP contribution in [0.1, 0.15) is 39.5 Å². The minimum atomic E-state index is 0.244. The molecule has 22 heavy (non-hydrogen) atoms. The van der Waals surface area contributed by atoms with E-state index >= 15 is 0 Å². The average molecular weight is 311 g/mol. The molecule has 0 spiro atoms. The first kappa shape index (κ1) is 17.7. The van der Waals surface area contributed by atoms with Crippen molar-refractivity contribution in [2.45, 2.75) is 51.7 Å². The number of hydrogen-bond acceptors (Lipinski definition) is 4. The van der Waals surface area contributed by atoms with Gasteiger partial charge in [0.2, 0.25) is 5.91 Å². The SMILES string of the molecule is CCCN1CCN(CCOC2CC(N(C)C(=O)CC)C2)CC1. The predicted octanol–water partition coefficient (Wildman–Crippen LogP) is 1.43. The molecule has 1 amide bonds. The number of nitrogens with zero attached hydrogens (tertiary/aromatic N) is 3. The van der Waals surface area contributed by atoms with Gasteiger partial charge in [-0.2, -0.15) is 0 Å². The van der Waals surface area contributed by atoms with Gasteiger partial charge in [-0.3, -0.25) is 9.69 Å². The van der Waals surface area contributed by atoms with Gasteiger partial charge in [0.25, 0.3) is 0 Å². The maximum absolute atomic E-state index is 11.6. The highest BCUT2D eigenvalue weighted by Gasteiger charge is 2.34. The number of carbonyl (C=O) groups is 1. The minimum Gasteiger partial charge on any atom is -0.377 e. The maximum atomic E-state index is 11.6. The highest BCUT2D eigenvalue weighted by molar-refractivity contribution is 5.75. The van der Waals surface area contributed by atoms with Crippen LogP contribution in [0, 0.1) is 0 Å². The smallest absolute Gasteiger partial charge is 0.222 e. The Morgan fingerprint density at radius 3 is 2.23 bits per heavy atom. The standard InChI is InChI=1S/C17H33N3O2/c1-4-6-19-7-9-20(10-8-19)11-12-22-16-13-15(14-16)18(3)17(21)5-2/h15-16H,4-14H2,1-3H3.